The van der Waals surface area contributed by atoms with Gasteiger partial charge in [-0.05, 0) is 32.4 Å². The van der Waals surface area contributed by atoms with Crippen molar-refractivity contribution in [1.29, 1.82) is 0 Å². The molecule has 0 heterocycles. The fourth-order valence-corrected chi connectivity index (χ4v) is 1.77. The molecule has 1 amide bonds. The van der Waals surface area contributed by atoms with Crippen LogP contribution in [0.1, 0.15) is 26.7 Å². The molecule has 0 bridgehead atoms. The maximum atomic E-state index is 13.2. The van der Waals surface area contributed by atoms with Crippen LogP contribution in [0.4, 0.5) is 10.1 Å². The van der Waals surface area contributed by atoms with E-state index < -0.39 is 11.4 Å². The van der Waals surface area contributed by atoms with E-state index in [1.807, 2.05) is 13.8 Å². The fourth-order valence-electron chi connectivity index (χ4n) is 1.29. The van der Waals surface area contributed by atoms with Crippen molar-refractivity contribution in [3.8, 4) is 0 Å². The molecular formula is C12H15Cl2FN2O. The molecule has 3 N–H and O–H groups in total. The van der Waals surface area contributed by atoms with Gasteiger partial charge >= 0.3 is 0 Å². The molecule has 0 aliphatic heterocycles. The molecule has 0 spiro atoms. The maximum absolute atomic E-state index is 13.2. The van der Waals surface area contributed by atoms with Crippen molar-refractivity contribution >= 4 is 34.8 Å². The largest absolute Gasteiger partial charge is 0.326 e. The summed E-state index contributed by atoms with van der Waals surface area (Å²) in [7, 11) is 0. The van der Waals surface area contributed by atoms with Crippen LogP contribution in [0.5, 0.6) is 0 Å². The summed E-state index contributed by atoms with van der Waals surface area (Å²) in [5.41, 5.74) is 5.73. The van der Waals surface area contributed by atoms with Gasteiger partial charge in [-0.1, -0.05) is 23.2 Å². The van der Waals surface area contributed by atoms with E-state index in [2.05, 4.69) is 5.32 Å². The number of anilines is 1. The zero-order valence-electron chi connectivity index (χ0n) is 10.2. The maximum Gasteiger partial charge on any atom is 0.224 e. The number of carbonyl (C=O) groups is 1. The van der Waals surface area contributed by atoms with Gasteiger partial charge < -0.3 is 11.1 Å². The number of amides is 1. The van der Waals surface area contributed by atoms with E-state index in [0.717, 1.165) is 0 Å². The van der Waals surface area contributed by atoms with Crippen LogP contribution in [-0.4, -0.2) is 11.4 Å². The van der Waals surface area contributed by atoms with E-state index in [9.17, 15) is 9.18 Å². The summed E-state index contributed by atoms with van der Waals surface area (Å²) in [6.07, 6.45) is 0.817. The van der Waals surface area contributed by atoms with Crippen LogP contribution in [0, 0.1) is 5.82 Å². The summed E-state index contributed by atoms with van der Waals surface area (Å²) in [6.45, 7) is 3.68. The van der Waals surface area contributed by atoms with Gasteiger partial charge in [0, 0.05) is 17.6 Å². The first kappa shape index (κ1) is 15.2. The van der Waals surface area contributed by atoms with Gasteiger partial charge in [0.05, 0.1) is 10.0 Å². The average molecular weight is 293 g/mol. The Kier molecular flexibility index (Phi) is 4.96. The zero-order chi connectivity index (χ0) is 13.9. The SMILES string of the molecule is CC(C)(N)CCC(=O)Nc1cc(Cl)c(F)c(Cl)c1. The van der Waals surface area contributed by atoms with Gasteiger partial charge in [0.2, 0.25) is 5.91 Å². The molecule has 1 rings (SSSR count). The summed E-state index contributed by atoms with van der Waals surface area (Å²) in [4.78, 5) is 11.6. The third-order valence-electron chi connectivity index (χ3n) is 2.26. The topological polar surface area (TPSA) is 55.1 Å². The molecule has 0 unspecified atom stereocenters. The van der Waals surface area contributed by atoms with E-state index in [4.69, 9.17) is 28.9 Å². The van der Waals surface area contributed by atoms with Crippen LogP contribution in [0.25, 0.3) is 0 Å². The second kappa shape index (κ2) is 5.87. The van der Waals surface area contributed by atoms with Crippen LogP contribution in [0.15, 0.2) is 12.1 Å². The molecule has 6 heteroatoms. The molecular weight excluding hydrogens is 278 g/mol. The van der Waals surface area contributed by atoms with E-state index in [1.54, 1.807) is 0 Å². The molecule has 100 valence electrons. The van der Waals surface area contributed by atoms with Crippen LogP contribution in [0.3, 0.4) is 0 Å². The molecule has 1 aromatic carbocycles. The highest BCUT2D eigenvalue weighted by molar-refractivity contribution is 6.35. The molecule has 0 radical (unpaired) electrons. The second-order valence-corrected chi connectivity index (χ2v) is 5.61. The Morgan fingerprint density at radius 3 is 2.33 bits per heavy atom. The van der Waals surface area contributed by atoms with E-state index in [-0.39, 0.29) is 22.4 Å². The van der Waals surface area contributed by atoms with Crippen molar-refractivity contribution in [2.24, 2.45) is 5.73 Å². The second-order valence-electron chi connectivity index (χ2n) is 4.79. The normalized spacial score (nSPS) is 11.4. The van der Waals surface area contributed by atoms with Gasteiger partial charge in [0.25, 0.3) is 0 Å². The molecule has 0 aromatic heterocycles. The smallest absolute Gasteiger partial charge is 0.224 e. The van der Waals surface area contributed by atoms with Gasteiger partial charge in [-0.2, -0.15) is 0 Å². The lowest BCUT2D eigenvalue weighted by Gasteiger charge is -2.17. The molecule has 1 aromatic rings. The highest BCUT2D eigenvalue weighted by Crippen LogP contribution is 2.27. The fraction of sp³-hybridized carbons (Fsp3) is 0.417. The first-order valence-corrected chi connectivity index (χ1v) is 6.18. The van der Waals surface area contributed by atoms with Crippen molar-refractivity contribution < 1.29 is 9.18 Å². The average Bonchev–Trinajstić information content (AvgIpc) is 2.22. The molecule has 0 saturated heterocycles. The molecule has 0 aliphatic carbocycles. The molecule has 3 nitrogen and oxygen atoms in total. The Labute approximate surface area is 115 Å². The Hall–Kier alpha value is -0.840. The Balaban J connectivity index is 2.65. The van der Waals surface area contributed by atoms with Crippen LogP contribution >= 0.6 is 23.2 Å². The molecule has 0 fully saturated rings. The monoisotopic (exact) mass is 292 g/mol. The number of benzene rings is 1. The lowest BCUT2D eigenvalue weighted by molar-refractivity contribution is -0.116. The van der Waals surface area contributed by atoms with Crippen molar-refractivity contribution in [3.63, 3.8) is 0 Å². The van der Waals surface area contributed by atoms with E-state index in [0.29, 0.717) is 12.1 Å². The van der Waals surface area contributed by atoms with Gasteiger partial charge in [0.15, 0.2) is 5.82 Å². The van der Waals surface area contributed by atoms with Gasteiger partial charge in [-0.25, -0.2) is 4.39 Å². The van der Waals surface area contributed by atoms with E-state index >= 15 is 0 Å². The number of halogens is 3. The predicted octanol–water partition coefficient (Wildman–Crippen LogP) is 3.59. The number of rotatable bonds is 4. The minimum atomic E-state index is -0.695. The lowest BCUT2D eigenvalue weighted by Crippen LogP contribution is -2.33. The molecule has 0 saturated carbocycles. The van der Waals surface area contributed by atoms with Crippen molar-refractivity contribution in [3.05, 3.63) is 28.0 Å². The highest BCUT2D eigenvalue weighted by atomic mass is 35.5. The zero-order valence-corrected chi connectivity index (χ0v) is 11.7. The summed E-state index contributed by atoms with van der Waals surface area (Å²) in [5.74, 6) is -0.910. The minimum Gasteiger partial charge on any atom is -0.326 e. The summed E-state index contributed by atoms with van der Waals surface area (Å²) >= 11 is 11.2. The summed E-state index contributed by atoms with van der Waals surface area (Å²) < 4.78 is 13.2. The van der Waals surface area contributed by atoms with E-state index in [1.165, 1.54) is 12.1 Å². The van der Waals surface area contributed by atoms with Crippen LogP contribution in [0.2, 0.25) is 10.0 Å². The number of hydrogen-bond donors (Lipinski definition) is 2. The highest BCUT2D eigenvalue weighted by Gasteiger charge is 2.14. The Morgan fingerprint density at radius 2 is 1.89 bits per heavy atom. The summed E-state index contributed by atoms with van der Waals surface area (Å²) in [5, 5.41) is 2.34. The molecule has 0 atom stereocenters. The Bertz CT molecular complexity index is 435. The quantitative estimate of drug-likeness (QED) is 0.833. The first-order chi connectivity index (χ1) is 8.19. The van der Waals surface area contributed by atoms with Gasteiger partial charge in [0.1, 0.15) is 0 Å². The van der Waals surface area contributed by atoms with Crippen molar-refractivity contribution in [1.82, 2.24) is 0 Å². The van der Waals surface area contributed by atoms with Gasteiger partial charge in [-0.3, -0.25) is 4.79 Å². The van der Waals surface area contributed by atoms with Crippen LogP contribution in [-0.2, 0) is 4.79 Å². The number of nitrogens with one attached hydrogen (secondary N) is 1. The van der Waals surface area contributed by atoms with Crippen LogP contribution < -0.4 is 11.1 Å². The summed E-state index contributed by atoms with van der Waals surface area (Å²) in [6, 6.07) is 2.63. The van der Waals surface area contributed by atoms with Crippen molar-refractivity contribution in [2.75, 3.05) is 5.32 Å². The predicted molar refractivity (Wildman–Crippen MR) is 72.6 cm³/mol. The number of nitrogens with two attached hydrogens (primary N) is 1. The third-order valence-corrected chi connectivity index (χ3v) is 2.81. The van der Waals surface area contributed by atoms with Crippen molar-refractivity contribution in [2.45, 2.75) is 32.2 Å². The number of hydrogen-bond acceptors (Lipinski definition) is 2. The Morgan fingerprint density at radius 1 is 1.39 bits per heavy atom. The molecule has 18 heavy (non-hydrogen) atoms. The van der Waals surface area contributed by atoms with Gasteiger partial charge in [-0.15, -0.1) is 0 Å². The number of carbonyl (C=O) groups excluding carboxylic acids is 1. The molecule has 0 aliphatic rings. The standard InChI is InChI=1S/C12H15Cl2FN2O/c1-12(2,16)4-3-10(18)17-7-5-8(13)11(15)9(14)6-7/h5-6H,3-4,16H2,1-2H3,(H,17,18). The minimum absolute atomic E-state index is 0.128. The first-order valence-electron chi connectivity index (χ1n) is 5.42. The third kappa shape index (κ3) is 4.80. The lowest BCUT2D eigenvalue weighted by atomic mass is 10.00.